The maximum atomic E-state index is 5.78. The minimum atomic E-state index is -0.372. The minimum Gasteiger partial charge on any atom is -0.373 e. The molecule has 0 saturated carbocycles. The van der Waals surface area contributed by atoms with Gasteiger partial charge in [0.1, 0.15) is 18.3 Å². The lowest BCUT2D eigenvalue weighted by atomic mass is 10.0. The van der Waals surface area contributed by atoms with Crippen LogP contribution in [0.1, 0.15) is 27.7 Å². The van der Waals surface area contributed by atoms with E-state index in [0.717, 1.165) is 0 Å². The summed E-state index contributed by atoms with van der Waals surface area (Å²) in [5.74, 6) is 0. The molecule has 0 aliphatic carbocycles. The van der Waals surface area contributed by atoms with Gasteiger partial charge in [-0.2, -0.15) is 0 Å². The van der Waals surface area contributed by atoms with Crippen molar-refractivity contribution in [1.82, 2.24) is 0 Å². The highest BCUT2D eigenvalue weighted by atomic mass is 16.7. The van der Waals surface area contributed by atoms with E-state index in [-0.39, 0.29) is 24.6 Å². The van der Waals surface area contributed by atoms with Crippen molar-refractivity contribution in [3.63, 3.8) is 0 Å². The van der Waals surface area contributed by atoms with E-state index in [9.17, 15) is 0 Å². The van der Waals surface area contributed by atoms with E-state index in [4.69, 9.17) is 23.7 Å². The molecule has 0 aromatic carbocycles. The molecule has 5 heteroatoms. The second-order valence-corrected chi connectivity index (χ2v) is 3.99. The fourth-order valence-corrected chi connectivity index (χ4v) is 2.17. The molecule has 0 bridgehead atoms. The van der Waals surface area contributed by atoms with Crippen LogP contribution in [-0.2, 0) is 23.7 Å². The molecule has 0 spiro atoms. The molecule has 4 atom stereocenters. The van der Waals surface area contributed by atoms with Gasteiger partial charge in [0.25, 0.3) is 0 Å². The molecule has 1 rings (SSSR count). The molecule has 0 N–H and O–H groups in total. The van der Waals surface area contributed by atoms with Gasteiger partial charge in [0.05, 0.1) is 6.61 Å². The van der Waals surface area contributed by atoms with Crippen molar-refractivity contribution in [2.24, 2.45) is 0 Å². The van der Waals surface area contributed by atoms with E-state index in [0.29, 0.717) is 33.0 Å². The summed E-state index contributed by atoms with van der Waals surface area (Å²) in [7, 11) is 0. The third kappa shape index (κ3) is 4.17. The molecule has 1 aliphatic heterocycles. The number of ether oxygens (including phenoxy) is 5. The summed E-state index contributed by atoms with van der Waals surface area (Å²) in [6.07, 6.45) is -0.841. The molecule has 1 aliphatic rings. The van der Waals surface area contributed by atoms with Crippen LogP contribution in [0.4, 0.5) is 0 Å². The van der Waals surface area contributed by atoms with Gasteiger partial charge >= 0.3 is 0 Å². The highest BCUT2D eigenvalue weighted by Gasteiger charge is 2.42. The third-order valence-electron chi connectivity index (χ3n) is 2.81. The zero-order valence-electron chi connectivity index (χ0n) is 11.9. The maximum Gasteiger partial charge on any atom is 0.186 e. The van der Waals surface area contributed by atoms with Gasteiger partial charge in [-0.3, -0.25) is 0 Å². The molecule has 0 aromatic heterocycles. The van der Waals surface area contributed by atoms with Gasteiger partial charge in [-0.25, -0.2) is 0 Å². The van der Waals surface area contributed by atoms with Gasteiger partial charge in [0, 0.05) is 26.4 Å². The van der Waals surface area contributed by atoms with Crippen molar-refractivity contribution in [2.75, 3.05) is 33.0 Å². The SMILES string of the molecule is CCOC1OC[C@@H](OCC)[C@H](OCC)[C@H]1OCC. The molecular formula is C13H26O5. The van der Waals surface area contributed by atoms with Gasteiger partial charge in [0.15, 0.2) is 6.29 Å². The lowest BCUT2D eigenvalue weighted by molar-refractivity contribution is -0.291. The van der Waals surface area contributed by atoms with Crippen LogP contribution in [-0.4, -0.2) is 57.6 Å². The average Bonchev–Trinajstić information content (AvgIpc) is 2.37. The summed E-state index contributed by atoms with van der Waals surface area (Å²) in [5.41, 5.74) is 0. The number of hydrogen-bond donors (Lipinski definition) is 0. The first-order valence-corrected chi connectivity index (χ1v) is 6.86. The first kappa shape index (κ1) is 15.9. The molecule has 0 amide bonds. The Bertz CT molecular complexity index is 190. The molecule has 1 saturated heterocycles. The highest BCUT2D eigenvalue weighted by molar-refractivity contribution is 4.86. The normalized spacial score (nSPS) is 32.7. The molecular weight excluding hydrogens is 236 g/mol. The lowest BCUT2D eigenvalue weighted by Crippen LogP contribution is -2.57. The molecule has 5 nitrogen and oxygen atoms in total. The molecule has 18 heavy (non-hydrogen) atoms. The van der Waals surface area contributed by atoms with E-state index in [1.54, 1.807) is 0 Å². The second kappa shape index (κ2) is 8.82. The minimum absolute atomic E-state index is 0.0943. The maximum absolute atomic E-state index is 5.78. The number of hydrogen-bond acceptors (Lipinski definition) is 5. The predicted molar refractivity (Wildman–Crippen MR) is 67.6 cm³/mol. The Balaban J connectivity index is 2.72. The summed E-state index contributed by atoms with van der Waals surface area (Å²) in [4.78, 5) is 0. The van der Waals surface area contributed by atoms with Gasteiger partial charge in [-0.15, -0.1) is 0 Å². The van der Waals surface area contributed by atoms with Crippen LogP contribution in [0.25, 0.3) is 0 Å². The van der Waals surface area contributed by atoms with E-state index in [1.807, 2.05) is 27.7 Å². The van der Waals surface area contributed by atoms with Gasteiger partial charge < -0.3 is 23.7 Å². The van der Waals surface area contributed by atoms with E-state index < -0.39 is 0 Å². The van der Waals surface area contributed by atoms with Crippen molar-refractivity contribution in [3.05, 3.63) is 0 Å². The average molecular weight is 262 g/mol. The summed E-state index contributed by atoms with van der Waals surface area (Å²) in [6.45, 7) is 10.8. The standard InChI is InChI=1S/C13H26O5/c1-5-14-10-9-18-13(17-8-4)12(16-7-3)11(10)15-6-2/h10-13H,5-9H2,1-4H3/t10-,11+,12-,13?/m1/s1. The summed E-state index contributed by atoms with van der Waals surface area (Å²) in [5, 5.41) is 0. The van der Waals surface area contributed by atoms with Crippen LogP contribution in [0.3, 0.4) is 0 Å². The summed E-state index contributed by atoms with van der Waals surface area (Å²) < 4.78 is 28.4. The van der Waals surface area contributed by atoms with Crippen molar-refractivity contribution in [1.29, 1.82) is 0 Å². The second-order valence-electron chi connectivity index (χ2n) is 3.99. The van der Waals surface area contributed by atoms with Crippen LogP contribution in [0.15, 0.2) is 0 Å². The van der Waals surface area contributed by atoms with E-state index >= 15 is 0 Å². The zero-order chi connectivity index (χ0) is 13.4. The van der Waals surface area contributed by atoms with Crippen LogP contribution < -0.4 is 0 Å². The Hall–Kier alpha value is -0.200. The first-order chi connectivity index (χ1) is 8.78. The Labute approximate surface area is 110 Å². The predicted octanol–water partition coefficient (Wildman–Crippen LogP) is 1.59. The van der Waals surface area contributed by atoms with Gasteiger partial charge in [-0.05, 0) is 27.7 Å². The summed E-state index contributed by atoms with van der Waals surface area (Å²) >= 11 is 0. The molecule has 1 heterocycles. The van der Waals surface area contributed by atoms with Crippen molar-refractivity contribution >= 4 is 0 Å². The topological polar surface area (TPSA) is 46.2 Å². The van der Waals surface area contributed by atoms with Crippen LogP contribution in [0, 0.1) is 0 Å². The number of rotatable bonds is 8. The third-order valence-corrected chi connectivity index (χ3v) is 2.81. The molecule has 108 valence electrons. The van der Waals surface area contributed by atoms with E-state index in [1.165, 1.54) is 0 Å². The molecule has 1 fully saturated rings. The van der Waals surface area contributed by atoms with Gasteiger partial charge in [-0.1, -0.05) is 0 Å². The summed E-state index contributed by atoms with van der Waals surface area (Å²) in [6, 6.07) is 0. The first-order valence-electron chi connectivity index (χ1n) is 6.86. The lowest BCUT2D eigenvalue weighted by Gasteiger charge is -2.41. The molecule has 0 aromatic rings. The smallest absolute Gasteiger partial charge is 0.186 e. The van der Waals surface area contributed by atoms with Crippen molar-refractivity contribution in [2.45, 2.75) is 52.3 Å². The highest BCUT2D eigenvalue weighted by Crippen LogP contribution is 2.24. The van der Waals surface area contributed by atoms with Crippen LogP contribution in [0.2, 0.25) is 0 Å². The van der Waals surface area contributed by atoms with Crippen molar-refractivity contribution < 1.29 is 23.7 Å². The quantitative estimate of drug-likeness (QED) is 0.665. The fraction of sp³-hybridized carbons (Fsp3) is 1.00. The Kier molecular flexibility index (Phi) is 7.77. The van der Waals surface area contributed by atoms with Gasteiger partial charge in [0.2, 0.25) is 0 Å². The van der Waals surface area contributed by atoms with E-state index in [2.05, 4.69) is 0 Å². The zero-order valence-corrected chi connectivity index (χ0v) is 11.9. The molecule has 1 unspecified atom stereocenters. The Morgan fingerprint density at radius 3 is 1.89 bits per heavy atom. The molecule has 0 radical (unpaired) electrons. The Morgan fingerprint density at radius 2 is 1.33 bits per heavy atom. The largest absolute Gasteiger partial charge is 0.373 e. The van der Waals surface area contributed by atoms with Crippen molar-refractivity contribution in [3.8, 4) is 0 Å². The van der Waals surface area contributed by atoms with Crippen LogP contribution >= 0.6 is 0 Å². The monoisotopic (exact) mass is 262 g/mol. The Morgan fingerprint density at radius 1 is 0.778 bits per heavy atom. The fourth-order valence-electron chi connectivity index (χ4n) is 2.17. The van der Waals surface area contributed by atoms with Crippen LogP contribution in [0.5, 0.6) is 0 Å².